The quantitative estimate of drug-likeness (QED) is 0.667. The van der Waals surface area contributed by atoms with Crippen LogP contribution in [0.15, 0.2) is 30.3 Å². The molecular weight excluding hydrogens is 252 g/mol. The van der Waals surface area contributed by atoms with E-state index in [0.29, 0.717) is 6.42 Å². The minimum atomic E-state index is -0.310. The van der Waals surface area contributed by atoms with Gasteiger partial charge >= 0.3 is 0 Å². The molecule has 0 aliphatic carbocycles. The largest absolute Gasteiger partial charge is 0.369 e. The summed E-state index contributed by atoms with van der Waals surface area (Å²) in [6.07, 6.45) is 3.38. The number of ketones is 1. The summed E-state index contributed by atoms with van der Waals surface area (Å²) in [5.41, 5.74) is 5.99. The third-order valence-corrected chi connectivity index (χ3v) is 3.18. The summed E-state index contributed by atoms with van der Waals surface area (Å²) in [7, 11) is 0. The van der Waals surface area contributed by atoms with E-state index in [4.69, 9.17) is 5.73 Å². The Morgan fingerprint density at radius 1 is 1.10 bits per heavy atom. The van der Waals surface area contributed by atoms with Crippen LogP contribution in [0.4, 0.5) is 0 Å². The van der Waals surface area contributed by atoms with E-state index >= 15 is 0 Å². The molecule has 0 aliphatic rings. The van der Waals surface area contributed by atoms with Crippen LogP contribution >= 0.6 is 0 Å². The lowest BCUT2D eigenvalue weighted by molar-refractivity contribution is -0.119. The lowest BCUT2D eigenvalue weighted by atomic mass is 10.1. The average molecular weight is 276 g/mol. The highest BCUT2D eigenvalue weighted by Crippen LogP contribution is 2.06. The number of hydrogen-bond donors (Lipinski definition) is 1. The van der Waals surface area contributed by atoms with Crippen LogP contribution in [0, 0.1) is 0 Å². The van der Waals surface area contributed by atoms with Gasteiger partial charge in [0.1, 0.15) is 0 Å². The van der Waals surface area contributed by atoms with Crippen LogP contribution in [0.5, 0.6) is 0 Å². The highest BCUT2D eigenvalue weighted by atomic mass is 16.1. The average Bonchev–Trinajstić information content (AvgIpc) is 2.44. The molecule has 2 N–H and O–H groups in total. The number of unbranched alkanes of at least 4 members (excludes halogenated alkanes) is 1. The van der Waals surface area contributed by atoms with Gasteiger partial charge in [-0.1, -0.05) is 43.7 Å². The Morgan fingerprint density at radius 2 is 1.75 bits per heavy atom. The lowest BCUT2D eigenvalue weighted by Gasteiger charge is -2.20. The molecule has 0 saturated carbocycles. The van der Waals surface area contributed by atoms with Crippen LogP contribution in [-0.2, 0) is 4.79 Å². The Balaban J connectivity index is 2.35. The third kappa shape index (κ3) is 6.48. The molecule has 0 heterocycles. The van der Waals surface area contributed by atoms with Gasteiger partial charge in [-0.05, 0) is 25.9 Å². The molecule has 0 atom stereocenters. The van der Waals surface area contributed by atoms with Crippen molar-refractivity contribution >= 4 is 11.7 Å². The molecule has 0 unspecified atom stereocenters. The van der Waals surface area contributed by atoms with Gasteiger partial charge in [0.15, 0.2) is 5.78 Å². The summed E-state index contributed by atoms with van der Waals surface area (Å²) in [5, 5.41) is 0. The van der Waals surface area contributed by atoms with E-state index in [1.165, 1.54) is 0 Å². The molecule has 1 aromatic rings. The first-order chi connectivity index (χ1) is 9.63. The van der Waals surface area contributed by atoms with Crippen molar-refractivity contribution in [2.75, 3.05) is 19.6 Å². The molecule has 1 amide bonds. The van der Waals surface area contributed by atoms with Crippen LogP contribution in [0.1, 0.15) is 43.0 Å². The predicted molar refractivity (Wildman–Crippen MR) is 80.5 cm³/mol. The molecule has 1 rings (SSSR count). The van der Waals surface area contributed by atoms with Gasteiger partial charge < -0.3 is 5.73 Å². The maximum Gasteiger partial charge on any atom is 0.231 e. The zero-order valence-corrected chi connectivity index (χ0v) is 12.2. The van der Waals surface area contributed by atoms with Gasteiger partial charge in [-0.3, -0.25) is 14.5 Å². The van der Waals surface area contributed by atoms with Gasteiger partial charge in [-0.15, -0.1) is 0 Å². The maximum atomic E-state index is 12.0. The smallest absolute Gasteiger partial charge is 0.231 e. The molecule has 110 valence electrons. The number of primary amides is 1. The first kappa shape index (κ1) is 16.4. The second-order valence-corrected chi connectivity index (χ2v) is 4.99. The van der Waals surface area contributed by atoms with Crippen molar-refractivity contribution < 1.29 is 9.59 Å². The Morgan fingerprint density at radius 3 is 2.35 bits per heavy atom. The number of carbonyl (C=O) groups excluding carboxylic acids is 2. The van der Waals surface area contributed by atoms with Gasteiger partial charge in [-0.2, -0.15) is 0 Å². The van der Waals surface area contributed by atoms with E-state index in [-0.39, 0.29) is 18.2 Å². The number of amides is 1. The van der Waals surface area contributed by atoms with E-state index in [1.807, 2.05) is 35.2 Å². The predicted octanol–water partition coefficient (Wildman–Crippen LogP) is 2.24. The number of rotatable bonds is 10. The van der Waals surface area contributed by atoms with E-state index in [0.717, 1.165) is 37.9 Å². The fraction of sp³-hybridized carbons (Fsp3) is 0.500. The Hall–Kier alpha value is -1.68. The van der Waals surface area contributed by atoms with Gasteiger partial charge in [0.2, 0.25) is 5.91 Å². The van der Waals surface area contributed by atoms with Crippen LogP contribution < -0.4 is 5.73 Å². The maximum absolute atomic E-state index is 12.0. The SMILES string of the molecule is CCCCN(CCCC(=O)c1ccccc1)CC(N)=O. The monoisotopic (exact) mass is 276 g/mol. The molecule has 20 heavy (non-hydrogen) atoms. The highest BCUT2D eigenvalue weighted by Gasteiger charge is 2.10. The normalized spacial score (nSPS) is 10.7. The minimum absolute atomic E-state index is 0.153. The zero-order chi connectivity index (χ0) is 14.8. The minimum Gasteiger partial charge on any atom is -0.369 e. The van der Waals surface area contributed by atoms with Gasteiger partial charge in [0, 0.05) is 12.0 Å². The standard InChI is InChI=1S/C16H24N2O2/c1-2-3-11-18(13-16(17)20)12-7-10-15(19)14-8-5-4-6-9-14/h4-6,8-9H,2-3,7,10-13H2,1H3,(H2,17,20). The molecule has 0 aliphatic heterocycles. The first-order valence-electron chi connectivity index (χ1n) is 7.22. The molecule has 4 heteroatoms. The number of hydrogen-bond acceptors (Lipinski definition) is 3. The Bertz CT molecular complexity index is 418. The van der Waals surface area contributed by atoms with Crippen LogP contribution in [-0.4, -0.2) is 36.2 Å². The van der Waals surface area contributed by atoms with Crippen LogP contribution in [0.3, 0.4) is 0 Å². The van der Waals surface area contributed by atoms with Gasteiger partial charge in [0.25, 0.3) is 0 Å². The molecule has 0 saturated heterocycles. The Labute approximate surface area is 121 Å². The summed E-state index contributed by atoms with van der Waals surface area (Å²) in [5.74, 6) is -0.157. The molecule has 1 aromatic carbocycles. The van der Waals surface area contributed by atoms with Gasteiger partial charge in [0.05, 0.1) is 6.54 Å². The second-order valence-electron chi connectivity index (χ2n) is 4.99. The summed E-state index contributed by atoms with van der Waals surface area (Å²) in [4.78, 5) is 25.0. The lowest BCUT2D eigenvalue weighted by Crippen LogP contribution is -2.35. The van der Waals surface area contributed by atoms with E-state index in [1.54, 1.807) is 0 Å². The highest BCUT2D eigenvalue weighted by molar-refractivity contribution is 5.95. The number of Topliss-reactive ketones (excluding diaryl/α,β-unsaturated/α-hetero) is 1. The summed E-state index contributed by atoms with van der Waals surface area (Å²) in [6.45, 7) is 3.99. The number of nitrogens with zero attached hydrogens (tertiary/aromatic N) is 1. The summed E-state index contributed by atoms with van der Waals surface area (Å²) < 4.78 is 0. The van der Waals surface area contributed by atoms with Crippen LogP contribution in [0.25, 0.3) is 0 Å². The molecular formula is C16H24N2O2. The van der Waals surface area contributed by atoms with Crippen molar-refractivity contribution in [2.24, 2.45) is 5.73 Å². The molecule has 0 radical (unpaired) electrons. The van der Waals surface area contributed by atoms with Crippen molar-refractivity contribution in [1.82, 2.24) is 4.90 Å². The summed E-state index contributed by atoms with van der Waals surface area (Å²) >= 11 is 0. The van der Waals surface area contributed by atoms with Crippen molar-refractivity contribution in [3.05, 3.63) is 35.9 Å². The van der Waals surface area contributed by atoms with Crippen molar-refractivity contribution in [2.45, 2.75) is 32.6 Å². The van der Waals surface area contributed by atoms with E-state index < -0.39 is 0 Å². The molecule has 4 nitrogen and oxygen atoms in total. The summed E-state index contributed by atoms with van der Waals surface area (Å²) in [6, 6.07) is 9.30. The van der Waals surface area contributed by atoms with E-state index in [2.05, 4.69) is 6.92 Å². The van der Waals surface area contributed by atoms with Gasteiger partial charge in [-0.25, -0.2) is 0 Å². The number of benzene rings is 1. The fourth-order valence-electron chi connectivity index (χ4n) is 2.10. The fourth-order valence-corrected chi connectivity index (χ4v) is 2.10. The molecule has 0 bridgehead atoms. The number of carbonyl (C=O) groups is 2. The molecule has 0 fully saturated rings. The topological polar surface area (TPSA) is 63.4 Å². The third-order valence-electron chi connectivity index (χ3n) is 3.18. The van der Waals surface area contributed by atoms with Crippen molar-refractivity contribution in [1.29, 1.82) is 0 Å². The first-order valence-corrected chi connectivity index (χ1v) is 7.22. The van der Waals surface area contributed by atoms with Crippen molar-refractivity contribution in [3.63, 3.8) is 0 Å². The number of nitrogens with two attached hydrogens (primary N) is 1. The molecule has 0 aromatic heterocycles. The zero-order valence-electron chi connectivity index (χ0n) is 12.2. The second kappa shape index (κ2) is 9.26. The van der Waals surface area contributed by atoms with Crippen molar-refractivity contribution in [3.8, 4) is 0 Å². The van der Waals surface area contributed by atoms with Crippen LogP contribution in [0.2, 0.25) is 0 Å². The van der Waals surface area contributed by atoms with E-state index in [9.17, 15) is 9.59 Å². The Kier molecular flexibility index (Phi) is 7.58. The molecule has 0 spiro atoms.